The number of hydrogen-bond donors (Lipinski definition) is 2. The van der Waals surface area contributed by atoms with E-state index in [2.05, 4.69) is 79.7 Å². The fraction of sp³-hybridized carbons (Fsp3) is 0.447. The number of fused-ring (bicyclic) bond motifs is 1. The molecule has 45 heavy (non-hydrogen) atoms. The van der Waals surface area contributed by atoms with E-state index in [0.717, 1.165) is 23.8 Å². The van der Waals surface area contributed by atoms with Crippen molar-refractivity contribution < 1.29 is 13.9 Å². The van der Waals surface area contributed by atoms with Gasteiger partial charge in [-0.05, 0) is 83.2 Å². The molecular weight excluding hydrogens is 560 g/mol. The minimum absolute atomic E-state index is 0.0963. The van der Waals surface area contributed by atoms with Crippen LogP contribution in [0.1, 0.15) is 84.9 Å². The van der Waals surface area contributed by atoms with E-state index in [1.807, 2.05) is 36.4 Å². The molecular formula is C38H50N4O3. The summed E-state index contributed by atoms with van der Waals surface area (Å²) in [6.07, 6.45) is 11.1. The molecule has 2 aliphatic rings. The standard InChI is InChI=1S/C24H28N2O3.C14H22N2/c1-26(2)24(14-7-8-15-24)22(17-9-5-4-6-10-17)25-23(27)19-11-12-20(28-3)21-18(19)13-16-29-21;1-16(2)14(10-6-7-11-14)13(15)12-8-4-3-5-9-12/h4-6,9-13,16,22H,7-8,14-15H2,1-3H3,(H,25,27);3-5,8-9,13H,6-7,10-11,15H2,1-2H3. The maximum absolute atomic E-state index is 13.4. The van der Waals surface area contributed by atoms with Gasteiger partial charge in [-0.15, -0.1) is 0 Å². The van der Waals surface area contributed by atoms with Crippen molar-refractivity contribution in [1.82, 2.24) is 15.1 Å². The number of ether oxygens (including phenoxy) is 1. The van der Waals surface area contributed by atoms with Gasteiger partial charge in [0, 0.05) is 22.5 Å². The van der Waals surface area contributed by atoms with E-state index in [4.69, 9.17) is 14.9 Å². The molecule has 0 bridgehead atoms. The Labute approximate surface area is 268 Å². The zero-order chi connectivity index (χ0) is 32.0. The first-order chi connectivity index (χ1) is 21.7. The highest BCUT2D eigenvalue weighted by Crippen LogP contribution is 2.44. The van der Waals surface area contributed by atoms with Gasteiger partial charge >= 0.3 is 0 Å². The molecule has 0 saturated heterocycles. The molecule has 6 rings (SSSR count). The minimum atomic E-state index is -0.0993. The van der Waals surface area contributed by atoms with Crippen molar-refractivity contribution in [2.24, 2.45) is 5.73 Å². The summed E-state index contributed by atoms with van der Waals surface area (Å²) < 4.78 is 10.9. The Hall–Kier alpha value is -3.65. The van der Waals surface area contributed by atoms with Crippen molar-refractivity contribution in [2.75, 3.05) is 35.3 Å². The smallest absolute Gasteiger partial charge is 0.252 e. The van der Waals surface area contributed by atoms with Gasteiger partial charge in [0.1, 0.15) is 0 Å². The molecule has 2 saturated carbocycles. The Morgan fingerprint density at radius 3 is 1.84 bits per heavy atom. The van der Waals surface area contributed by atoms with Gasteiger partial charge in [0.25, 0.3) is 5.91 Å². The van der Waals surface area contributed by atoms with Crippen LogP contribution in [0.25, 0.3) is 11.0 Å². The second-order valence-electron chi connectivity index (χ2n) is 13.1. The van der Waals surface area contributed by atoms with Gasteiger partial charge in [-0.1, -0.05) is 86.3 Å². The van der Waals surface area contributed by atoms with E-state index in [-0.39, 0.29) is 29.1 Å². The summed E-state index contributed by atoms with van der Waals surface area (Å²) in [5, 5.41) is 4.13. The lowest BCUT2D eigenvalue weighted by Crippen LogP contribution is -2.53. The number of furan rings is 1. The summed E-state index contributed by atoms with van der Waals surface area (Å²) in [5.74, 6) is 0.530. The first kappa shape index (κ1) is 32.7. The van der Waals surface area contributed by atoms with Crippen molar-refractivity contribution in [3.63, 3.8) is 0 Å². The number of benzene rings is 3. The first-order valence-corrected chi connectivity index (χ1v) is 16.3. The molecule has 2 unspecified atom stereocenters. The molecule has 3 aromatic carbocycles. The van der Waals surface area contributed by atoms with E-state index in [1.165, 1.54) is 44.1 Å². The predicted octanol–water partition coefficient (Wildman–Crippen LogP) is 7.35. The fourth-order valence-corrected chi connectivity index (χ4v) is 7.75. The maximum atomic E-state index is 13.4. The van der Waals surface area contributed by atoms with E-state index < -0.39 is 0 Å². The third kappa shape index (κ3) is 6.53. The molecule has 0 radical (unpaired) electrons. The number of hydrogen-bond acceptors (Lipinski definition) is 6. The highest BCUT2D eigenvalue weighted by molar-refractivity contribution is 6.07. The van der Waals surface area contributed by atoms with Gasteiger partial charge in [-0.3, -0.25) is 4.79 Å². The largest absolute Gasteiger partial charge is 0.493 e. The van der Waals surface area contributed by atoms with Crippen molar-refractivity contribution >= 4 is 16.9 Å². The van der Waals surface area contributed by atoms with E-state index >= 15 is 0 Å². The molecule has 3 N–H and O–H groups in total. The third-order valence-electron chi connectivity index (χ3n) is 10.4. The number of likely N-dealkylation sites (N-methyl/N-ethyl adjacent to an activating group) is 2. The number of carbonyl (C=O) groups excluding carboxylic acids is 1. The summed E-state index contributed by atoms with van der Waals surface area (Å²) >= 11 is 0. The van der Waals surface area contributed by atoms with Gasteiger partial charge in [0.2, 0.25) is 0 Å². The normalized spacial score (nSPS) is 18.4. The van der Waals surface area contributed by atoms with Gasteiger partial charge in [-0.2, -0.15) is 0 Å². The molecule has 2 fully saturated rings. The highest BCUT2D eigenvalue weighted by Gasteiger charge is 2.45. The van der Waals surface area contributed by atoms with Gasteiger partial charge in [0.05, 0.1) is 25.0 Å². The van der Waals surface area contributed by atoms with Crippen molar-refractivity contribution in [3.05, 3.63) is 102 Å². The lowest BCUT2D eigenvalue weighted by molar-refractivity contribution is 0.0767. The molecule has 1 amide bonds. The third-order valence-corrected chi connectivity index (χ3v) is 10.4. The quantitative estimate of drug-likeness (QED) is 0.206. The highest BCUT2D eigenvalue weighted by atomic mass is 16.5. The average Bonchev–Trinajstić information content (AvgIpc) is 3.86. The Morgan fingerprint density at radius 1 is 0.778 bits per heavy atom. The zero-order valence-corrected chi connectivity index (χ0v) is 27.6. The lowest BCUT2D eigenvalue weighted by atomic mass is 9.82. The van der Waals surface area contributed by atoms with Gasteiger partial charge < -0.3 is 30.0 Å². The van der Waals surface area contributed by atoms with Crippen LogP contribution in [0.5, 0.6) is 5.75 Å². The Balaban J connectivity index is 0.000000211. The van der Waals surface area contributed by atoms with Crippen LogP contribution in [-0.2, 0) is 0 Å². The van der Waals surface area contributed by atoms with Crippen LogP contribution in [0.15, 0.2) is 89.5 Å². The molecule has 0 spiro atoms. The maximum Gasteiger partial charge on any atom is 0.252 e. The van der Waals surface area contributed by atoms with Crippen LogP contribution >= 0.6 is 0 Å². The topological polar surface area (TPSA) is 84.0 Å². The van der Waals surface area contributed by atoms with Crippen LogP contribution in [0.3, 0.4) is 0 Å². The number of nitrogens with zero attached hydrogens (tertiary/aromatic N) is 2. The monoisotopic (exact) mass is 610 g/mol. The fourth-order valence-electron chi connectivity index (χ4n) is 7.75. The molecule has 240 valence electrons. The van der Waals surface area contributed by atoms with Crippen LogP contribution in [-0.4, -0.2) is 62.1 Å². The van der Waals surface area contributed by atoms with Crippen LogP contribution < -0.4 is 15.8 Å². The summed E-state index contributed by atoms with van der Waals surface area (Å²) in [6, 6.07) is 26.2. The summed E-state index contributed by atoms with van der Waals surface area (Å²) in [7, 11) is 10.2. The van der Waals surface area contributed by atoms with Crippen LogP contribution in [0, 0.1) is 0 Å². The van der Waals surface area contributed by atoms with Crippen molar-refractivity contribution in [2.45, 2.75) is 74.5 Å². The summed E-state index contributed by atoms with van der Waals surface area (Å²) in [5.41, 5.74) is 10.2. The molecule has 7 nitrogen and oxygen atoms in total. The van der Waals surface area contributed by atoms with Gasteiger partial charge in [-0.25, -0.2) is 0 Å². The molecule has 2 atom stereocenters. The lowest BCUT2D eigenvalue weighted by Gasteiger charge is -2.44. The van der Waals surface area contributed by atoms with Crippen molar-refractivity contribution in [1.29, 1.82) is 0 Å². The predicted molar refractivity (Wildman–Crippen MR) is 183 cm³/mol. The molecule has 1 aromatic heterocycles. The van der Waals surface area contributed by atoms with E-state index in [9.17, 15) is 4.79 Å². The second-order valence-corrected chi connectivity index (χ2v) is 13.1. The first-order valence-electron chi connectivity index (χ1n) is 16.3. The number of carbonyl (C=O) groups is 1. The SMILES string of the molecule is CN(C)C1(C(N)c2ccccc2)CCCC1.COc1ccc(C(=O)NC(c2ccccc2)C2(N(C)C)CCCC2)c2ccoc12. The molecule has 1 heterocycles. The Morgan fingerprint density at radius 2 is 1.31 bits per heavy atom. The van der Waals surface area contributed by atoms with E-state index in [0.29, 0.717) is 16.9 Å². The van der Waals surface area contributed by atoms with Crippen LogP contribution in [0.2, 0.25) is 0 Å². The Kier molecular flexibility index (Phi) is 10.3. The number of amides is 1. The summed E-state index contributed by atoms with van der Waals surface area (Å²) in [6.45, 7) is 0. The second kappa shape index (κ2) is 14.2. The summed E-state index contributed by atoms with van der Waals surface area (Å²) in [4.78, 5) is 18.1. The van der Waals surface area contributed by atoms with E-state index in [1.54, 1.807) is 19.4 Å². The molecule has 2 aliphatic carbocycles. The number of nitrogens with one attached hydrogen (secondary N) is 1. The molecule has 0 aliphatic heterocycles. The molecule has 4 aromatic rings. The zero-order valence-electron chi connectivity index (χ0n) is 27.6. The minimum Gasteiger partial charge on any atom is -0.493 e. The number of rotatable bonds is 9. The number of nitrogens with two attached hydrogens (primary N) is 1. The molecule has 7 heteroatoms. The van der Waals surface area contributed by atoms with Gasteiger partial charge in [0.15, 0.2) is 11.3 Å². The number of methoxy groups -OCH3 is 1. The van der Waals surface area contributed by atoms with Crippen molar-refractivity contribution in [3.8, 4) is 5.75 Å². The van der Waals surface area contributed by atoms with Crippen LogP contribution in [0.4, 0.5) is 0 Å². The Bertz CT molecular complexity index is 1520. The average molecular weight is 611 g/mol.